The zero-order valence-corrected chi connectivity index (χ0v) is 15.2. The summed E-state index contributed by atoms with van der Waals surface area (Å²) in [4.78, 5) is 24.8. The lowest BCUT2D eigenvalue weighted by Gasteiger charge is -2.23. The summed E-state index contributed by atoms with van der Waals surface area (Å²) < 4.78 is 10.6. The van der Waals surface area contributed by atoms with Gasteiger partial charge in [0.05, 0.1) is 13.7 Å². The van der Waals surface area contributed by atoms with E-state index in [1.807, 2.05) is 13.8 Å². The van der Waals surface area contributed by atoms with Crippen LogP contribution in [0.4, 0.5) is 0 Å². The van der Waals surface area contributed by atoms with Crippen molar-refractivity contribution in [2.75, 3.05) is 13.7 Å². The first-order valence-corrected chi connectivity index (χ1v) is 8.77. The lowest BCUT2D eigenvalue weighted by atomic mass is 9.95. The second kappa shape index (κ2) is 9.25. The minimum Gasteiger partial charge on any atom is -0.497 e. The molecule has 1 N–H and O–H groups in total. The molecule has 0 saturated carbocycles. The van der Waals surface area contributed by atoms with Gasteiger partial charge in [-0.05, 0) is 55.4 Å². The monoisotopic (exact) mass is 345 g/mol. The number of carbonyl (C=O) groups excluding carboxylic acids is 2. The molecule has 0 heterocycles. The Labute approximate surface area is 149 Å². The van der Waals surface area contributed by atoms with Crippen molar-refractivity contribution in [1.82, 2.24) is 5.32 Å². The molecule has 2 atom stereocenters. The molecular formula is C20H27NO4. The van der Waals surface area contributed by atoms with Crippen LogP contribution in [-0.4, -0.2) is 31.6 Å². The van der Waals surface area contributed by atoms with E-state index in [-0.39, 0.29) is 17.8 Å². The Kier molecular flexibility index (Phi) is 7.04. The highest BCUT2D eigenvalue weighted by atomic mass is 16.5. The highest BCUT2D eigenvalue weighted by Gasteiger charge is 2.27. The van der Waals surface area contributed by atoms with Gasteiger partial charge in [0.2, 0.25) is 0 Å². The maximum absolute atomic E-state index is 12.4. The van der Waals surface area contributed by atoms with Gasteiger partial charge >= 0.3 is 5.97 Å². The normalized spacial score (nSPS) is 17.8. The molecular weight excluding hydrogens is 318 g/mol. The second-order valence-corrected chi connectivity index (χ2v) is 6.70. The predicted octanol–water partition coefficient (Wildman–Crippen LogP) is 3.35. The highest BCUT2D eigenvalue weighted by Crippen LogP contribution is 2.19. The number of benzene rings is 1. The fourth-order valence-electron chi connectivity index (χ4n) is 2.76. The van der Waals surface area contributed by atoms with Crippen molar-refractivity contribution in [3.8, 4) is 5.75 Å². The molecule has 5 nitrogen and oxygen atoms in total. The van der Waals surface area contributed by atoms with Crippen LogP contribution in [0.25, 0.3) is 0 Å². The summed E-state index contributed by atoms with van der Waals surface area (Å²) in [5, 5.41) is 2.79. The summed E-state index contributed by atoms with van der Waals surface area (Å²) in [5.41, 5.74) is 0.483. The van der Waals surface area contributed by atoms with Gasteiger partial charge in [-0.3, -0.25) is 4.79 Å². The van der Waals surface area contributed by atoms with E-state index in [4.69, 9.17) is 9.47 Å². The minimum atomic E-state index is -0.659. The van der Waals surface area contributed by atoms with Crippen molar-refractivity contribution in [3.63, 3.8) is 0 Å². The first-order valence-electron chi connectivity index (χ1n) is 8.77. The molecule has 1 amide bonds. The van der Waals surface area contributed by atoms with Crippen LogP contribution < -0.4 is 10.1 Å². The lowest BCUT2D eigenvalue weighted by molar-refractivity contribution is -0.148. The van der Waals surface area contributed by atoms with Crippen molar-refractivity contribution in [3.05, 3.63) is 42.0 Å². The van der Waals surface area contributed by atoms with Crippen LogP contribution in [0.3, 0.4) is 0 Å². The number of hydrogen-bond donors (Lipinski definition) is 1. The largest absolute Gasteiger partial charge is 0.497 e. The molecule has 0 aromatic heterocycles. The highest BCUT2D eigenvalue weighted by molar-refractivity contribution is 5.96. The molecule has 1 aromatic rings. The average molecular weight is 345 g/mol. The standard InChI is InChI=1S/C20H27NO4/c1-14(2)18(20(23)25-13-15-7-5-4-6-8-15)21-19(22)16-9-11-17(24-3)12-10-16/h4-5,9-12,14-15,18H,6-8,13H2,1-3H3,(H,21,22). The van der Waals surface area contributed by atoms with Crippen LogP contribution in [0.1, 0.15) is 43.5 Å². The number of ether oxygens (including phenoxy) is 2. The number of carbonyl (C=O) groups is 2. The number of esters is 1. The molecule has 0 aliphatic heterocycles. The van der Waals surface area contributed by atoms with Gasteiger partial charge in [0.15, 0.2) is 0 Å². The summed E-state index contributed by atoms with van der Waals surface area (Å²) >= 11 is 0. The third-order valence-corrected chi connectivity index (χ3v) is 4.40. The molecule has 0 spiro atoms. The molecule has 0 radical (unpaired) electrons. The van der Waals surface area contributed by atoms with Crippen molar-refractivity contribution in [2.24, 2.45) is 11.8 Å². The van der Waals surface area contributed by atoms with E-state index in [2.05, 4.69) is 17.5 Å². The van der Waals surface area contributed by atoms with Gasteiger partial charge in [0.1, 0.15) is 11.8 Å². The average Bonchev–Trinajstić information content (AvgIpc) is 2.64. The summed E-state index contributed by atoms with van der Waals surface area (Å²) in [7, 11) is 1.57. The summed E-state index contributed by atoms with van der Waals surface area (Å²) in [6, 6.07) is 6.12. The SMILES string of the molecule is COc1ccc(C(=O)NC(C(=O)OCC2CC=CCC2)C(C)C)cc1. The Morgan fingerprint density at radius 3 is 2.48 bits per heavy atom. The molecule has 0 bridgehead atoms. The first kappa shape index (κ1) is 19.0. The van der Waals surface area contributed by atoms with E-state index < -0.39 is 6.04 Å². The fourth-order valence-corrected chi connectivity index (χ4v) is 2.76. The van der Waals surface area contributed by atoms with Gasteiger partial charge in [0, 0.05) is 5.56 Å². The first-order chi connectivity index (χ1) is 12.0. The molecule has 1 aromatic carbocycles. The second-order valence-electron chi connectivity index (χ2n) is 6.70. The molecule has 25 heavy (non-hydrogen) atoms. The number of hydrogen-bond acceptors (Lipinski definition) is 4. The van der Waals surface area contributed by atoms with Gasteiger partial charge in [-0.15, -0.1) is 0 Å². The molecule has 1 aliphatic carbocycles. The fraction of sp³-hybridized carbons (Fsp3) is 0.500. The summed E-state index contributed by atoms with van der Waals surface area (Å²) in [5.74, 6) is 0.336. The van der Waals surface area contributed by atoms with E-state index >= 15 is 0 Å². The number of allylic oxidation sites excluding steroid dienone is 2. The minimum absolute atomic E-state index is 0.0547. The Bertz CT molecular complexity index is 607. The smallest absolute Gasteiger partial charge is 0.328 e. The maximum Gasteiger partial charge on any atom is 0.328 e. The van der Waals surface area contributed by atoms with Crippen molar-refractivity contribution < 1.29 is 19.1 Å². The van der Waals surface area contributed by atoms with Crippen LogP contribution in [0, 0.1) is 11.8 Å². The quantitative estimate of drug-likeness (QED) is 0.608. The molecule has 5 heteroatoms. The summed E-state index contributed by atoms with van der Waals surface area (Å²) in [6.45, 7) is 4.19. The molecule has 0 saturated heterocycles. The van der Waals surface area contributed by atoms with Crippen LogP contribution in [0.2, 0.25) is 0 Å². The zero-order valence-electron chi connectivity index (χ0n) is 15.2. The van der Waals surface area contributed by atoms with E-state index in [1.54, 1.807) is 31.4 Å². The van der Waals surface area contributed by atoms with Crippen LogP contribution in [-0.2, 0) is 9.53 Å². The Balaban J connectivity index is 1.92. The molecule has 136 valence electrons. The molecule has 1 aliphatic rings. The van der Waals surface area contributed by atoms with Crippen LogP contribution >= 0.6 is 0 Å². The van der Waals surface area contributed by atoms with Gasteiger partial charge in [-0.25, -0.2) is 4.79 Å². The Hall–Kier alpha value is -2.30. The van der Waals surface area contributed by atoms with E-state index in [0.717, 1.165) is 19.3 Å². The molecule has 2 unspecified atom stereocenters. The Morgan fingerprint density at radius 1 is 1.20 bits per heavy atom. The van der Waals surface area contributed by atoms with Gasteiger partial charge < -0.3 is 14.8 Å². The molecule has 2 rings (SSSR count). The third kappa shape index (κ3) is 5.62. The van der Waals surface area contributed by atoms with Crippen molar-refractivity contribution in [2.45, 2.75) is 39.2 Å². The number of nitrogens with one attached hydrogen (secondary N) is 1. The van der Waals surface area contributed by atoms with Gasteiger partial charge in [0.25, 0.3) is 5.91 Å². The topological polar surface area (TPSA) is 64.6 Å². The van der Waals surface area contributed by atoms with Crippen molar-refractivity contribution in [1.29, 1.82) is 0 Å². The van der Waals surface area contributed by atoms with E-state index in [0.29, 0.717) is 23.8 Å². The zero-order chi connectivity index (χ0) is 18.2. The summed E-state index contributed by atoms with van der Waals surface area (Å²) in [6.07, 6.45) is 7.30. The van der Waals surface area contributed by atoms with Crippen LogP contribution in [0.5, 0.6) is 5.75 Å². The lowest BCUT2D eigenvalue weighted by Crippen LogP contribution is -2.45. The number of rotatable bonds is 7. The van der Waals surface area contributed by atoms with E-state index in [1.165, 1.54) is 0 Å². The maximum atomic E-state index is 12.4. The number of methoxy groups -OCH3 is 1. The van der Waals surface area contributed by atoms with Gasteiger partial charge in [-0.2, -0.15) is 0 Å². The van der Waals surface area contributed by atoms with Crippen LogP contribution in [0.15, 0.2) is 36.4 Å². The van der Waals surface area contributed by atoms with Gasteiger partial charge in [-0.1, -0.05) is 26.0 Å². The third-order valence-electron chi connectivity index (χ3n) is 4.40. The number of amides is 1. The Morgan fingerprint density at radius 2 is 1.92 bits per heavy atom. The van der Waals surface area contributed by atoms with Crippen molar-refractivity contribution >= 4 is 11.9 Å². The van der Waals surface area contributed by atoms with E-state index in [9.17, 15) is 9.59 Å². The predicted molar refractivity (Wildman–Crippen MR) is 96.5 cm³/mol. The molecule has 0 fully saturated rings.